The number of carbonyl (C=O) groups is 3. The van der Waals surface area contributed by atoms with Gasteiger partial charge in [-0.3, -0.25) is 14.9 Å². The van der Waals surface area contributed by atoms with E-state index in [1.165, 1.54) is 11.0 Å². The Kier molecular flexibility index (Phi) is 5.58. The van der Waals surface area contributed by atoms with Gasteiger partial charge in [0.15, 0.2) is 0 Å². The fraction of sp³-hybridized carbons (Fsp3) is 0.609. The van der Waals surface area contributed by atoms with E-state index in [1.54, 1.807) is 18.2 Å². The Balaban J connectivity index is 1.30. The Bertz CT molecular complexity index is 1000. The summed E-state index contributed by atoms with van der Waals surface area (Å²) in [7, 11) is 0. The van der Waals surface area contributed by atoms with Gasteiger partial charge in [-0.25, -0.2) is 9.59 Å². The maximum atomic E-state index is 13.1. The van der Waals surface area contributed by atoms with Crippen LogP contribution in [0.25, 0.3) is 0 Å². The Morgan fingerprint density at radius 1 is 1.18 bits per heavy atom. The van der Waals surface area contributed by atoms with Gasteiger partial charge >= 0.3 is 18.0 Å². The minimum Gasteiger partial charge on any atom is -0.459 e. The topological polar surface area (TPSA) is 125 Å². The summed E-state index contributed by atoms with van der Waals surface area (Å²) in [6.45, 7) is 6.03. The molecule has 1 aromatic carbocycles. The summed E-state index contributed by atoms with van der Waals surface area (Å²) < 4.78 is 16.6. The number of amides is 1. The molecule has 2 aliphatic heterocycles. The maximum absolute atomic E-state index is 13.1. The number of esters is 2. The summed E-state index contributed by atoms with van der Waals surface area (Å²) in [6, 6.07) is 6.10. The second-order valence-corrected chi connectivity index (χ2v) is 9.71. The SMILES string of the molecule is CC12CCC(C(=O)OC3CCN(C(=O)OCc4ccccc4[N+](=O)[O-])CC3)(OC1=O)C2(C)C. The molecule has 33 heavy (non-hydrogen) atoms. The number of carbonyl (C=O) groups excluding carboxylic acids is 3. The zero-order valence-corrected chi connectivity index (χ0v) is 19.0. The average molecular weight is 460 g/mol. The molecule has 1 aromatic rings. The van der Waals surface area contributed by atoms with E-state index >= 15 is 0 Å². The third kappa shape index (κ3) is 3.52. The van der Waals surface area contributed by atoms with Crippen LogP contribution < -0.4 is 0 Å². The number of para-hydroxylation sites is 1. The third-order valence-corrected chi connectivity index (χ3v) is 7.93. The summed E-state index contributed by atoms with van der Waals surface area (Å²) in [5.41, 5.74) is -2.42. The zero-order valence-electron chi connectivity index (χ0n) is 19.0. The molecule has 1 amide bonds. The number of nitro benzene ring substituents is 1. The van der Waals surface area contributed by atoms with Crippen molar-refractivity contribution in [1.82, 2.24) is 4.90 Å². The predicted octanol–water partition coefficient (Wildman–Crippen LogP) is 3.36. The minimum absolute atomic E-state index is 0.103. The number of nitro groups is 1. The van der Waals surface area contributed by atoms with Gasteiger partial charge in [-0.2, -0.15) is 0 Å². The lowest BCUT2D eigenvalue weighted by Gasteiger charge is -2.37. The molecule has 10 heteroatoms. The van der Waals surface area contributed by atoms with Crippen LogP contribution in [0.5, 0.6) is 0 Å². The van der Waals surface area contributed by atoms with Crippen LogP contribution in [0.4, 0.5) is 10.5 Å². The number of rotatable bonds is 5. The maximum Gasteiger partial charge on any atom is 0.410 e. The first-order chi connectivity index (χ1) is 15.5. The first-order valence-electron chi connectivity index (χ1n) is 11.1. The summed E-state index contributed by atoms with van der Waals surface area (Å²) in [5, 5.41) is 11.1. The molecule has 3 fully saturated rings. The van der Waals surface area contributed by atoms with Crippen LogP contribution >= 0.6 is 0 Å². The number of piperidine rings is 1. The van der Waals surface area contributed by atoms with E-state index in [-0.39, 0.29) is 18.3 Å². The molecule has 1 saturated carbocycles. The van der Waals surface area contributed by atoms with Crippen molar-refractivity contribution >= 4 is 23.7 Å². The number of hydrogen-bond donors (Lipinski definition) is 0. The lowest BCUT2D eigenvalue weighted by Crippen LogP contribution is -2.51. The third-order valence-electron chi connectivity index (χ3n) is 7.93. The molecule has 0 radical (unpaired) electrons. The molecular weight excluding hydrogens is 432 g/mol. The first kappa shape index (κ1) is 23.0. The molecule has 1 aliphatic carbocycles. The van der Waals surface area contributed by atoms with Gasteiger partial charge in [0, 0.05) is 37.4 Å². The molecule has 0 spiro atoms. The Morgan fingerprint density at radius 3 is 2.42 bits per heavy atom. The number of likely N-dealkylation sites (tertiary alicyclic amines) is 1. The van der Waals surface area contributed by atoms with Crippen LogP contribution in [-0.2, 0) is 30.4 Å². The highest BCUT2D eigenvalue weighted by atomic mass is 16.6. The van der Waals surface area contributed by atoms with Crippen molar-refractivity contribution in [3.63, 3.8) is 0 Å². The molecule has 2 saturated heterocycles. The van der Waals surface area contributed by atoms with E-state index in [9.17, 15) is 24.5 Å². The van der Waals surface area contributed by atoms with E-state index in [0.29, 0.717) is 44.3 Å². The van der Waals surface area contributed by atoms with Crippen LogP contribution in [0.2, 0.25) is 0 Å². The molecule has 2 atom stereocenters. The van der Waals surface area contributed by atoms with Gasteiger partial charge in [0.25, 0.3) is 5.69 Å². The Hall–Kier alpha value is -3.17. The van der Waals surface area contributed by atoms with Crippen LogP contribution in [0.1, 0.15) is 52.0 Å². The highest BCUT2D eigenvalue weighted by Gasteiger charge is 2.76. The molecular formula is C23H28N2O8. The van der Waals surface area contributed by atoms with Crippen molar-refractivity contribution in [2.75, 3.05) is 13.1 Å². The molecule has 10 nitrogen and oxygen atoms in total. The number of benzene rings is 1. The predicted molar refractivity (Wildman–Crippen MR) is 114 cm³/mol. The van der Waals surface area contributed by atoms with Gasteiger partial charge in [0.1, 0.15) is 12.7 Å². The van der Waals surface area contributed by atoms with Crippen molar-refractivity contribution in [3.8, 4) is 0 Å². The van der Waals surface area contributed by atoms with Crippen molar-refractivity contribution in [1.29, 1.82) is 0 Å². The normalized spacial score (nSPS) is 28.3. The van der Waals surface area contributed by atoms with Crippen molar-refractivity contribution in [2.45, 2.75) is 64.8 Å². The van der Waals surface area contributed by atoms with Crippen molar-refractivity contribution in [2.24, 2.45) is 10.8 Å². The Labute approximate surface area is 191 Å². The molecule has 2 unspecified atom stereocenters. The van der Waals surface area contributed by atoms with E-state index in [0.717, 1.165) is 0 Å². The number of hydrogen-bond acceptors (Lipinski definition) is 8. The summed E-state index contributed by atoms with van der Waals surface area (Å²) in [5.74, 6) is -0.869. The fourth-order valence-corrected chi connectivity index (χ4v) is 5.15. The van der Waals surface area contributed by atoms with Gasteiger partial charge in [0.2, 0.25) is 5.60 Å². The molecule has 2 heterocycles. The highest BCUT2D eigenvalue weighted by molar-refractivity contribution is 5.93. The summed E-state index contributed by atoms with van der Waals surface area (Å²) in [6.07, 6.45) is 0.902. The van der Waals surface area contributed by atoms with Gasteiger partial charge in [0.05, 0.1) is 15.9 Å². The van der Waals surface area contributed by atoms with E-state index in [4.69, 9.17) is 14.2 Å². The smallest absolute Gasteiger partial charge is 0.410 e. The second-order valence-electron chi connectivity index (χ2n) is 9.71. The van der Waals surface area contributed by atoms with Crippen LogP contribution in [0, 0.1) is 20.9 Å². The summed E-state index contributed by atoms with van der Waals surface area (Å²) >= 11 is 0. The molecule has 3 aliphatic rings. The number of ether oxygens (including phenoxy) is 3. The number of fused-ring (bicyclic) bond motifs is 2. The molecule has 0 N–H and O–H groups in total. The van der Waals surface area contributed by atoms with Crippen molar-refractivity contribution < 1.29 is 33.5 Å². The van der Waals surface area contributed by atoms with Crippen LogP contribution in [0.3, 0.4) is 0 Å². The van der Waals surface area contributed by atoms with Crippen LogP contribution in [-0.4, -0.2) is 52.6 Å². The average Bonchev–Trinajstić information content (AvgIpc) is 3.08. The molecule has 178 valence electrons. The largest absolute Gasteiger partial charge is 0.459 e. The van der Waals surface area contributed by atoms with E-state index in [1.807, 2.05) is 20.8 Å². The van der Waals surface area contributed by atoms with Gasteiger partial charge in [-0.05, 0) is 25.8 Å². The molecule has 4 rings (SSSR count). The van der Waals surface area contributed by atoms with E-state index < -0.39 is 39.5 Å². The molecule has 0 aromatic heterocycles. The number of nitrogens with zero attached hydrogens (tertiary/aromatic N) is 2. The zero-order chi connectivity index (χ0) is 24.0. The lowest BCUT2D eigenvalue weighted by atomic mass is 9.66. The first-order valence-corrected chi connectivity index (χ1v) is 11.1. The summed E-state index contributed by atoms with van der Waals surface area (Å²) in [4.78, 5) is 50.0. The minimum atomic E-state index is -1.26. The fourth-order valence-electron chi connectivity index (χ4n) is 5.15. The van der Waals surface area contributed by atoms with Crippen molar-refractivity contribution in [3.05, 3.63) is 39.9 Å². The lowest BCUT2D eigenvalue weighted by molar-refractivity contribution is -0.385. The quantitative estimate of drug-likeness (QED) is 0.283. The van der Waals surface area contributed by atoms with Gasteiger partial charge in [-0.1, -0.05) is 26.0 Å². The highest BCUT2D eigenvalue weighted by Crippen LogP contribution is 2.65. The van der Waals surface area contributed by atoms with E-state index in [2.05, 4.69) is 0 Å². The van der Waals surface area contributed by atoms with Crippen LogP contribution in [0.15, 0.2) is 24.3 Å². The molecule has 2 bridgehead atoms. The van der Waals surface area contributed by atoms with Gasteiger partial charge < -0.3 is 19.1 Å². The second kappa shape index (κ2) is 8.00. The van der Waals surface area contributed by atoms with Gasteiger partial charge in [-0.15, -0.1) is 0 Å². The monoisotopic (exact) mass is 460 g/mol. The Morgan fingerprint density at radius 2 is 1.85 bits per heavy atom. The standard InChI is InChI=1S/C23H28N2O8/c1-21(2)22(3)10-11-23(21,33-18(22)26)19(27)32-16-8-12-24(13-9-16)20(28)31-14-15-6-4-5-7-17(15)25(29)30/h4-7,16H,8-14H2,1-3H3.